The van der Waals surface area contributed by atoms with E-state index < -0.39 is 0 Å². The molecule has 0 saturated carbocycles. The number of hydrogen-bond donors (Lipinski definition) is 2. The van der Waals surface area contributed by atoms with E-state index in [4.69, 9.17) is 4.98 Å². The Morgan fingerprint density at radius 2 is 2.00 bits per heavy atom. The third kappa shape index (κ3) is 2.51. The van der Waals surface area contributed by atoms with E-state index >= 15 is 0 Å². The normalized spacial score (nSPS) is 18.9. The number of hydrogen-bond acceptors (Lipinski definition) is 3. The van der Waals surface area contributed by atoms with Crippen molar-refractivity contribution in [3.05, 3.63) is 52.1 Å². The molecule has 0 spiro atoms. The highest BCUT2D eigenvalue weighted by Crippen LogP contribution is 2.23. The Morgan fingerprint density at radius 1 is 1.20 bits per heavy atom. The zero-order chi connectivity index (χ0) is 13.9. The van der Waals surface area contributed by atoms with E-state index in [1.807, 2.05) is 37.3 Å². The van der Waals surface area contributed by atoms with Crippen LogP contribution >= 0.6 is 0 Å². The number of aromatic nitrogens is 2. The zero-order valence-corrected chi connectivity index (χ0v) is 11.6. The van der Waals surface area contributed by atoms with E-state index in [9.17, 15) is 4.79 Å². The van der Waals surface area contributed by atoms with Gasteiger partial charge in [0.15, 0.2) is 0 Å². The van der Waals surface area contributed by atoms with Crippen LogP contribution in [0.25, 0.3) is 11.3 Å². The first-order valence-corrected chi connectivity index (χ1v) is 7.15. The van der Waals surface area contributed by atoms with Gasteiger partial charge in [-0.3, -0.25) is 4.79 Å². The van der Waals surface area contributed by atoms with Gasteiger partial charge in [-0.25, -0.2) is 4.98 Å². The van der Waals surface area contributed by atoms with Crippen LogP contribution in [0.3, 0.4) is 0 Å². The van der Waals surface area contributed by atoms with Crippen molar-refractivity contribution in [1.82, 2.24) is 15.3 Å². The SMILES string of the molecule is Cc1c(-c2ccccc2)nc(C2CCCCN2)[nH]c1=O. The van der Waals surface area contributed by atoms with E-state index in [0.717, 1.165) is 30.0 Å². The first kappa shape index (κ1) is 13.1. The Balaban J connectivity index is 2.06. The minimum Gasteiger partial charge on any atom is -0.309 e. The van der Waals surface area contributed by atoms with Crippen LogP contribution < -0.4 is 10.9 Å². The molecule has 0 amide bonds. The maximum Gasteiger partial charge on any atom is 0.254 e. The van der Waals surface area contributed by atoms with Gasteiger partial charge < -0.3 is 10.3 Å². The van der Waals surface area contributed by atoms with E-state index in [1.165, 1.54) is 12.8 Å². The van der Waals surface area contributed by atoms with Gasteiger partial charge in [0.1, 0.15) is 5.82 Å². The third-order valence-corrected chi connectivity index (χ3v) is 3.86. The summed E-state index contributed by atoms with van der Waals surface area (Å²) in [6.45, 7) is 2.81. The minimum absolute atomic E-state index is 0.0405. The summed E-state index contributed by atoms with van der Waals surface area (Å²) in [6, 6.07) is 10.1. The summed E-state index contributed by atoms with van der Waals surface area (Å²) in [6.07, 6.45) is 3.40. The molecule has 1 fully saturated rings. The number of piperidine rings is 1. The fourth-order valence-electron chi connectivity index (χ4n) is 2.68. The summed E-state index contributed by atoms with van der Waals surface area (Å²) in [4.78, 5) is 19.8. The lowest BCUT2D eigenvalue weighted by Gasteiger charge is -2.23. The molecule has 1 aliphatic rings. The summed E-state index contributed by atoms with van der Waals surface area (Å²) in [5.41, 5.74) is 2.42. The van der Waals surface area contributed by atoms with E-state index in [0.29, 0.717) is 5.56 Å². The van der Waals surface area contributed by atoms with Crippen molar-refractivity contribution in [1.29, 1.82) is 0 Å². The van der Waals surface area contributed by atoms with Crippen LogP contribution in [0.4, 0.5) is 0 Å². The number of nitrogens with zero attached hydrogens (tertiary/aromatic N) is 1. The van der Waals surface area contributed by atoms with Gasteiger partial charge in [-0.05, 0) is 26.3 Å². The topological polar surface area (TPSA) is 57.8 Å². The Hall–Kier alpha value is -1.94. The van der Waals surface area contributed by atoms with Crippen LogP contribution in [-0.2, 0) is 0 Å². The molecule has 104 valence electrons. The second kappa shape index (κ2) is 5.59. The minimum atomic E-state index is -0.0405. The molecule has 4 heteroatoms. The molecule has 1 saturated heterocycles. The molecule has 1 unspecified atom stereocenters. The molecule has 1 aromatic carbocycles. The lowest BCUT2D eigenvalue weighted by molar-refractivity contribution is 0.396. The van der Waals surface area contributed by atoms with Crippen molar-refractivity contribution < 1.29 is 0 Å². The van der Waals surface area contributed by atoms with Crippen molar-refractivity contribution in [2.24, 2.45) is 0 Å². The third-order valence-electron chi connectivity index (χ3n) is 3.86. The van der Waals surface area contributed by atoms with Gasteiger partial charge in [0, 0.05) is 11.1 Å². The molecular weight excluding hydrogens is 250 g/mol. The molecule has 2 N–H and O–H groups in total. The highest BCUT2D eigenvalue weighted by atomic mass is 16.1. The molecule has 20 heavy (non-hydrogen) atoms. The molecule has 4 nitrogen and oxygen atoms in total. The van der Waals surface area contributed by atoms with Crippen LogP contribution in [0.15, 0.2) is 35.1 Å². The van der Waals surface area contributed by atoms with Gasteiger partial charge in [-0.15, -0.1) is 0 Å². The quantitative estimate of drug-likeness (QED) is 0.881. The Kier molecular flexibility index (Phi) is 3.65. The molecule has 1 aromatic heterocycles. The zero-order valence-electron chi connectivity index (χ0n) is 11.6. The monoisotopic (exact) mass is 269 g/mol. The summed E-state index contributed by atoms with van der Waals surface area (Å²) in [7, 11) is 0. The molecule has 2 heterocycles. The molecule has 2 aromatic rings. The van der Waals surface area contributed by atoms with Crippen LogP contribution in [0.2, 0.25) is 0 Å². The predicted molar refractivity (Wildman–Crippen MR) is 79.6 cm³/mol. The molecule has 0 radical (unpaired) electrons. The Labute approximate surface area is 118 Å². The van der Waals surface area contributed by atoms with Crippen molar-refractivity contribution in [2.75, 3.05) is 6.54 Å². The number of H-pyrrole nitrogens is 1. The smallest absolute Gasteiger partial charge is 0.254 e. The van der Waals surface area contributed by atoms with Gasteiger partial charge in [0.2, 0.25) is 0 Å². The summed E-state index contributed by atoms with van der Waals surface area (Å²) in [5, 5.41) is 3.43. The first-order chi connectivity index (χ1) is 9.75. The van der Waals surface area contributed by atoms with Crippen LogP contribution in [-0.4, -0.2) is 16.5 Å². The van der Waals surface area contributed by atoms with E-state index in [2.05, 4.69) is 10.3 Å². The van der Waals surface area contributed by atoms with Crippen LogP contribution in [0, 0.1) is 6.92 Å². The molecular formula is C16H19N3O. The highest BCUT2D eigenvalue weighted by Gasteiger charge is 2.19. The lowest BCUT2D eigenvalue weighted by Crippen LogP contribution is -2.30. The van der Waals surface area contributed by atoms with Crippen molar-refractivity contribution in [2.45, 2.75) is 32.2 Å². The fraction of sp³-hybridized carbons (Fsp3) is 0.375. The average Bonchev–Trinajstić information content (AvgIpc) is 2.51. The Bertz CT molecular complexity index is 643. The molecule has 3 rings (SSSR count). The standard InChI is InChI=1S/C16H19N3O/c1-11-14(12-7-3-2-4-8-12)18-15(19-16(11)20)13-9-5-6-10-17-13/h2-4,7-8,13,17H,5-6,9-10H2,1H3,(H,18,19,20). The first-order valence-electron chi connectivity index (χ1n) is 7.15. The maximum absolute atomic E-state index is 12.2. The van der Waals surface area contributed by atoms with Gasteiger partial charge in [0.25, 0.3) is 5.56 Å². The maximum atomic E-state index is 12.2. The van der Waals surface area contributed by atoms with Crippen LogP contribution in [0.5, 0.6) is 0 Å². The fourth-order valence-corrected chi connectivity index (χ4v) is 2.68. The summed E-state index contributed by atoms with van der Waals surface area (Å²) < 4.78 is 0. The van der Waals surface area contributed by atoms with Gasteiger partial charge >= 0.3 is 0 Å². The molecule has 0 aliphatic carbocycles. The molecule has 0 bridgehead atoms. The largest absolute Gasteiger partial charge is 0.309 e. The second-order valence-corrected chi connectivity index (χ2v) is 5.29. The number of aromatic amines is 1. The van der Waals surface area contributed by atoms with Crippen LogP contribution in [0.1, 0.15) is 36.7 Å². The van der Waals surface area contributed by atoms with Gasteiger partial charge in [-0.1, -0.05) is 36.8 Å². The molecule has 1 aliphatic heterocycles. The lowest BCUT2D eigenvalue weighted by atomic mass is 10.0. The highest BCUT2D eigenvalue weighted by molar-refractivity contribution is 5.62. The van der Waals surface area contributed by atoms with Gasteiger partial charge in [-0.2, -0.15) is 0 Å². The number of rotatable bonds is 2. The van der Waals surface area contributed by atoms with Crippen molar-refractivity contribution in [3.63, 3.8) is 0 Å². The van der Waals surface area contributed by atoms with Crippen molar-refractivity contribution in [3.8, 4) is 11.3 Å². The summed E-state index contributed by atoms with van der Waals surface area (Å²) >= 11 is 0. The Morgan fingerprint density at radius 3 is 2.70 bits per heavy atom. The predicted octanol–water partition coefficient (Wildman–Crippen LogP) is 2.56. The van der Waals surface area contributed by atoms with E-state index in [-0.39, 0.29) is 11.6 Å². The van der Waals surface area contributed by atoms with Crippen molar-refractivity contribution >= 4 is 0 Å². The number of benzene rings is 1. The summed E-state index contributed by atoms with van der Waals surface area (Å²) in [5.74, 6) is 0.763. The van der Waals surface area contributed by atoms with Gasteiger partial charge in [0.05, 0.1) is 11.7 Å². The van der Waals surface area contributed by atoms with E-state index in [1.54, 1.807) is 0 Å². The number of nitrogens with one attached hydrogen (secondary N) is 2. The second-order valence-electron chi connectivity index (χ2n) is 5.29. The molecule has 1 atom stereocenters. The average molecular weight is 269 g/mol.